The lowest BCUT2D eigenvalue weighted by molar-refractivity contribution is 0.202. The lowest BCUT2D eigenvalue weighted by Gasteiger charge is -2.19. The van der Waals surface area contributed by atoms with Gasteiger partial charge in [0, 0.05) is 11.8 Å². The largest absolute Gasteiger partial charge is 0.339 e. The molecule has 7 heteroatoms. The van der Waals surface area contributed by atoms with Crippen LogP contribution in [0.5, 0.6) is 0 Å². The first-order chi connectivity index (χ1) is 10.7. The van der Waals surface area contributed by atoms with Crippen molar-refractivity contribution in [1.29, 1.82) is 0 Å². The molecule has 1 aliphatic heterocycles. The molecule has 0 N–H and O–H groups in total. The van der Waals surface area contributed by atoms with Crippen molar-refractivity contribution in [3.05, 3.63) is 23.4 Å². The van der Waals surface area contributed by atoms with Gasteiger partial charge in [0.25, 0.3) is 0 Å². The Morgan fingerprint density at radius 1 is 1.14 bits per heavy atom. The number of hydrogen-bond acceptors (Lipinski definition) is 7. The summed E-state index contributed by atoms with van der Waals surface area (Å²) in [5.41, 5.74) is 0. The van der Waals surface area contributed by atoms with E-state index in [2.05, 4.69) is 39.0 Å². The summed E-state index contributed by atoms with van der Waals surface area (Å²) < 4.78 is 10.8. The molecule has 118 valence electrons. The van der Waals surface area contributed by atoms with Crippen LogP contribution in [0.25, 0.3) is 0 Å². The molecule has 1 atom stereocenters. The fourth-order valence-corrected chi connectivity index (χ4v) is 2.93. The van der Waals surface area contributed by atoms with Gasteiger partial charge in [-0.3, -0.25) is 4.90 Å². The average molecular weight is 303 g/mol. The van der Waals surface area contributed by atoms with Crippen LogP contribution in [0.2, 0.25) is 0 Å². The molecule has 7 nitrogen and oxygen atoms in total. The molecule has 4 rings (SSSR count). The normalized spacial score (nSPS) is 22.8. The highest BCUT2D eigenvalue weighted by Crippen LogP contribution is 2.40. The van der Waals surface area contributed by atoms with E-state index >= 15 is 0 Å². The Morgan fingerprint density at radius 2 is 2.00 bits per heavy atom. The minimum Gasteiger partial charge on any atom is -0.339 e. The van der Waals surface area contributed by atoms with Crippen molar-refractivity contribution >= 4 is 0 Å². The van der Waals surface area contributed by atoms with Gasteiger partial charge in [-0.15, -0.1) is 0 Å². The van der Waals surface area contributed by atoms with Crippen LogP contribution in [0.15, 0.2) is 9.05 Å². The smallest absolute Gasteiger partial charge is 0.240 e. The molecule has 2 aromatic heterocycles. The lowest BCUT2D eigenvalue weighted by atomic mass is 10.2. The van der Waals surface area contributed by atoms with Gasteiger partial charge in [-0.05, 0) is 32.2 Å². The topological polar surface area (TPSA) is 81.1 Å². The molecule has 1 aliphatic carbocycles. The Morgan fingerprint density at radius 3 is 2.73 bits per heavy atom. The summed E-state index contributed by atoms with van der Waals surface area (Å²) in [5, 5.41) is 8.22. The summed E-state index contributed by atoms with van der Waals surface area (Å²) in [7, 11) is 0. The molecule has 0 amide bonds. The van der Waals surface area contributed by atoms with E-state index in [9.17, 15) is 0 Å². The molecule has 0 aromatic carbocycles. The highest BCUT2D eigenvalue weighted by atomic mass is 16.5. The molecular weight excluding hydrogens is 282 g/mol. The van der Waals surface area contributed by atoms with Crippen LogP contribution in [0.3, 0.4) is 0 Å². The monoisotopic (exact) mass is 303 g/mol. The van der Waals surface area contributed by atoms with E-state index in [-0.39, 0.29) is 12.0 Å². The van der Waals surface area contributed by atoms with Gasteiger partial charge in [0.05, 0.1) is 12.6 Å². The molecular formula is C15H21N5O2. The standard InChI is InChI=1S/C15H21N5O2/c1-9(2)13-16-12(21-18-13)8-20-7-3-4-11(20)14-17-15(22-19-14)10-5-6-10/h9-11H,3-8H2,1-2H3. The number of rotatable bonds is 5. The molecule has 2 aromatic rings. The third-order valence-electron chi connectivity index (χ3n) is 4.38. The van der Waals surface area contributed by atoms with Crippen LogP contribution in [0.4, 0.5) is 0 Å². The van der Waals surface area contributed by atoms with Crippen LogP contribution < -0.4 is 0 Å². The van der Waals surface area contributed by atoms with Crippen molar-refractivity contribution in [1.82, 2.24) is 25.2 Å². The maximum Gasteiger partial charge on any atom is 0.240 e. The van der Waals surface area contributed by atoms with Gasteiger partial charge in [-0.25, -0.2) is 0 Å². The van der Waals surface area contributed by atoms with Crippen molar-refractivity contribution in [3.63, 3.8) is 0 Å². The highest BCUT2D eigenvalue weighted by molar-refractivity contribution is 5.05. The average Bonchev–Trinajstić information content (AvgIpc) is 2.95. The first-order valence-electron chi connectivity index (χ1n) is 8.10. The summed E-state index contributed by atoms with van der Waals surface area (Å²) >= 11 is 0. The quantitative estimate of drug-likeness (QED) is 0.840. The Bertz CT molecular complexity index is 646. The van der Waals surface area contributed by atoms with E-state index < -0.39 is 0 Å². The third-order valence-corrected chi connectivity index (χ3v) is 4.38. The predicted molar refractivity (Wildman–Crippen MR) is 77.0 cm³/mol. The molecule has 2 fully saturated rings. The van der Waals surface area contributed by atoms with E-state index in [4.69, 9.17) is 9.05 Å². The Labute approximate surface area is 129 Å². The summed E-state index contributed by atoms with van der Waals surface area (Å²) in [5.74, 6) is 3.83. The highest BCUT2D eigenvalue weighted by Gasteiger charge is 2.34. The van der Waals surface area contributed by atoms with Gasteiger partial charge in [-0.2, -0.15) is 9.97 Å². The fraction of sp³-hybridized carbons (Fsp3) is 0.733. The molecule has 0 bridgehead atoms. The van der Waals surface area contributed by atoms with Crippen molar-refractivity contribution < 1.29 is 9.05 Å². The molecule has 0 spiro atoms. The van der Waals surface area contributed by atoms with E-state index in [1.54, 1.807) is 0 Å². The van der Waals surface area contributed by atoms with Crippen molar-refractivity contribution in [2.75, 3.05) is 6.54 Å². The van der Waals surface area contributed by atoms with Gasteiger partial charge in [-0.1, -0.05) is 24.2 Å². The minimum atomic E-state index is 0.200. The van der Waals surface area contributed by atoms with Crippen molar-refractivity contribution in [3.8, 4) is 0 Å². The number of nitrogens with zero attached hydrogens (tertiary/aromatic N) is 5. The molecule has 1 saturated carbocycles. The van der Waals surface area contributed by atoms with Gasteiger partial charge < -0.3 is 9.05 Å². The summed E-state index contributed by atoms with van der Waals surface area (Å²) in [6.07, 6.45) is 4.53. The molecule has 2 aliphatic rings. The van der Waals surface area contributed by atoms with E-state index in [0.29, 0.717) is 18.4 Å². The van der Waals surface area contributed by atoms with Crippen molar-refractivity contribution in [2.45, 2.75) is 64.0 Å². The Balaban J connectivity index is 1.47. The number of likely N-dealkylation sites (tertiary alicyclic amines) is 1. The maximum atomic E-state index is 5.40. The zero-order valence-electron chi connectivity index (χ0n) is 13.0. The van der Waals surface area contributed by atoms with Gasteiger partial charge >= 0.3 is 0 Å². The van der Waals surface area contributed by atoms with Gasteiger partial charge in [0.1, 0.15) is 0 Å². The van der Waals surface area contributed by atoms with Crippen LogP contribution >= 0.6 is 0 Å². The third kappa shape index (κ3) is 2.65. The lowest BCUT2D eigenvalue weighted by Crippen LogP contribution is -2.23. The first-order valence-corrected chi connectivity index (χ1v) is 8.10. The van der Waals surface area contributed by atoms with Crippen LogP contribution in [0, 0.1) is 0 Å². The second-order valence-electron chi connectivity index (χ2n) is 6.59. The van der Waals surface area contributed by atoms with Crippen LogP contribution in [0.1, 0.15) is 80.8 Å². The summed E-state index contributed by atoms with van der Waals surface area (Å²) in [6.45, 7) is 5.77. The van der Waals surface area contributed by atoms with E-state index in [1.807, 2.05) is 0 Å². The maximum absolute atomic E-state index is 5.40. The zero-order chi connectivity index (χ0) is 15.1. The minimum absolute atomic E-state index is 0.200. The van der Waals surface area contributed by atoms with Crippen LogP contribution in [-0.2, 0) is 6.54 Å². The molecule has 1 saturated heterocycles. The van der Waals surface area contributed by atoms with E-state index in [1.165, 1.54) is 12.8 Å². The summed E-state index contributed by atoms with van der Waals surface area (Å²) in [4.78, 5) is 11.4. The zero-order valence-corrected chi connectivity index (χ0v) is 13.0. The van der Waals surface area contributed by atoms with Crippen molar-refractivity contribution in [2.24, 2.45) is 0 Å². The fourth-order valence-electron chi connectivity index (χ4n) is 2.93. The van der Waals surface area contributed by atoms with E-state index in [0.717, 1.165) is 36.9 Å². The van der Waals surface area contributed by atoms with Gasteiger partial charge in [0.15, 0.2) is 11.6 Å². The SMILES string of the molecule is CC(C)c1noc(CN2CCCC2c2noc(C3CC3)n2)n1. The number of aromatic nitrogens is 4. The predicted octanol–water partition coefficient (Wildman–Crippen LogP) is 2.79. The second kappa shape index (κ2) is 5.46. The van der Waals surface area contributed by atoms with Crippen LogP contribution in [-0.4, -0.2) is 31.7 Å². The molecule has 1 unspecified atom stereocenters. The second-order valence-corrected chi connectivity index (χ2v) is 6.59. The Kier molecular flexibility index (Phi) is 3.44. The molecule has 3 heterocycles. The summed E-state index contributed by atoms with van der Waals surface area (Å²) in [6, 6.07) is 0.200. The Hall–Kier alpha value is -1.76. The molecule has 22 heavy (non-hydrogen) atoms. The number of hydrogen-bond donors (Lipinski definition) is 0. The first kappa shape index (κ1) is 13.9. The molecule has 0 radical (unpaired) electrons. The van der Waals surface area contributed by atoms with Gasteiger partial charge in [0.2, 0.25) is 11.8 Å².